The van der Waals surface area contributed by atoms with E-state index in [1.165, 1.54) is 29.8 Å². The van der Waals surface area contributed by atoms with E-state index in [0.717, 1.165) is 19.6 Å². The lowest BCUT2D eigenvalue weighted by molar-refractivity contribution is -0.135. The lowest BCUT2D eigenvalue weighted by atomic mass is 10.1. The third kappa shape index (κ3) is 6.76. The largest absolute Gasteiger partial charge is 0.483 e. The smallest absolute Gasteiger partial charge is 0.260 e. The Bertz CT molecular complexity index is 1680. The van der Waals surface area contributed by atoms with Crippen LogP contribution in [0.1, 0.15) is 17.4 Å². The number of rotatable bonds is 10. The summed E-state index contributed by atoms with van der Waals surface area (Å²) >= 11 is 6.31. The number of nitrogens with one attached hydrogen (secondary N) is 2. The fourth-order valence-corrected chi connectivity index (χ4v) is 5.90. The molecule has 0 radical (unpaired) electrons. The molecule has 15 heteroatoms. The molecule has 2 saturated heterocycles. The highest BCUT2D eigenvalue weighted by Gasteiger charge is 2.46. The van der Waals surface area contributed by atoms with Crippen molar-refractivity contribution < 1.29 is 24.2 Å². The van der Waals surface area contributed by atoms with Crippen LogP contribution in [0.2, 0.25) is 5.02 Å². The molecule has 46 heavy (non-hydrogen) atoms. The topological polar surface area (TPSA) is 173 Å². The molecule has 4 aromatic rings. The van der Waals surface area contributed by atoms with Crippen molar-refractivity contribution in [3.8, 4) is 5.75 Å². The number of anilines is 1. The van der Waals surface area contributed by atoms with Crippen molar-refractivity contribution in [1.29, 1.82) is 0 Å². The van der Waals surface area contributed by atoms with Gasteiger partial charge in [0.05, 0.1) is 12.4 Å². The van der Waals surface area contributed by atoms with E-state index in [4.69, 9.17) is 26.8 Å². The van der Waals surface area contributed by atoms with Gasteiger partial charge in [-0.2, -0.15) is 0 Å². The highest BCUT2D eigenvalue weighted by Crippen LogP contribution is 2.32. The van der Waals surface area contributed by atoms with Gasteiger partial charge >= 0.3 is 0 Å². The van der Waals surface area contributed by atoms with Gasteiger partial charge in [0.25, 0.3) is 11.8 Å². The lowest BCUT2D eigenvalue weighted by Crippen LogP contribution is -2.49. The Hall–Kier alpha value is -4.34. The summed E-state index contributed by atoms with van der Waals surface area (Å²) < 4.78 is 13.3. The number of amides is 2. The quantitative estimate of drug-likeness (QED) is 0.194. The second kappa shape index (κ2) is 14.0. The molecule has 0 saturated carbocycles. The van der Waals surface area contributed by atoms with Gasteiger partial charge in [0.15, 0.2) is 35.9 Å². The minimum atomic E-state index is -1.17. The van der Waals surface area contributed by atoms with Crippen LogP contribution >= 0.6 is 11.6 Å². The van der Waals surface area contributed by atoms with Crippen LogP contribution in [0.3, 0.4) is 0 Å². The number of carbonyl (C=O) groups excluding carboxylic acids is 2. The number of likely N-dealkylation sites (N-methyl/N-ethyl adjacent to an activating group) is 1. The summed E-state index contributed by atoms with van der Waals surface area (Å²) in [6, 6.07) is 14.6. The molecule has 2 aliphatic heterocycles. The highest BCUT2D eigenvalue weighted by atomic mass is 35.5. The Morgan fingerprint density at radius 3 is 2.65 bits per heavy atom. The second-order valence-electron chi connectivity index (χ2n) is 11.2. The van der Waals surface area contributed by atoms with E-state index in [1.54, 1.807) is 18.2 Å². The van der Waals surface area contributed by atoms with Crippen LogP contribution in [0.15, 0.2) is 61.2 Å². The number of ether oxygens (including phenoxy) is 2. The maximum atomic E-state index is 13.0. The zero-order chi connectivity index (χ0) is 32.2. The van der Waals surface area contributed by atoms with Crippen LogP contribution < -0.4 is 21.1 Å². The third-order valence-electron chi connectivity index (χ3n) is 8.25. The molecule has 6 rings (SSSR count). The van der Waals surface area contributed by atoms with Crippen molar-refractivity contribution >= 4 is 40.4 Å². The number of fused-ring (bicyclic) bond motifs is 1. The van der Waals surface area contributed by atoms with E-state index in [-0.39, 0.29) is 19.1 Å². The van der Waals surface area contributed by atoms with Crippen LogP contribution in [0.25, 0.3) is 11.2 Å². The molecule has 2 amide bonds. The molecule has 0 unspecified atom stereocenters. The van der Waals surface area contributed by atoms with Crippen molar-refractivity contribution in [3.63, 3.8) is 0 Å². The van der Waals surface area contributed by atoms with E-state index in [1.807, 2.05) is 23.1 Å². The Morgan fingerprint density at radius 2 is 1.89 bits per heavy atom. The minimum absolute atomic E-state index is 0.0778. The Balaban J connectivity index is 1.08. The van der Waals surface area contributed by atoms with Crippen LogP contribution in [-0.4, -0.2) is 104 Å². The summed E-state index contributed by atoms with van der Waals surface area (Å²) in [6.45, 7) is 3.90. The predicted octanol–water partition coefficient (Wildman–Crippen LogP) is 1.15. The zero-order valence-electron chi connectivity index (χ0n) is 25.3. The molecule has 0 aliphatic carbocycles. The van der Waals surface area contributed by atoms with Crippen molar-refractivity contribution in [2.45, 2.75) is 37.6 Å². The second-order valence-corrected chi connectivity index (χ2v) is 11.6. The molecule has 2 aromatic carbocycles. The molecule has 4 atom stereocenters. The number of imidazole rings is 1. The number of aliphatic hydroxyl groups excluding tert-OH is 1. The molecule has 5 N–H and O–H groups in total. The van der Waals surface area contributed by atoms with Crippen LogP contribution in [0.4, 0.5) is 5.82 Å². The third-order valence-corrected chi connectivity index (χ3v) is 8.49. The first-order valence-corrected chi connectivity index (χ1v) is 15.4. The average molecular weight is 650 g/mol. The molecule has 2 aromatic heterocycles. The highest BCUT2D eigenvalue weighted by molar-refractivity contribution is 6.30. The maximum absolute atomic E-state index is 13.0. The monoisotopic (exact) mass is 649 g/mol. The molecule has 14 nitrogen and oxygen atoms in total. The molecule has 2 aliphatic rings. The van der Waals surface area contributed by atoms with Gasteiger partial charge in [0.1, 0.15) is 18.2 Å². The summed E-state index contributed by atoms with van der Waals surface area (Å²) in [7, 11) is 1.47. The van der Waals surface area contributed by atoms with Gasteiger partial charge in [-0.15, -0.1) is 0 Å². The van der Waals surface area contributed by atoms with E-state index < -0.39 is 30.4 Å². The zero-order valence-corrected chi connectivity index (χ0v) is 26.0. The van der Waals surface area contributed by atoms with E-state index in [0.29, 0.717) is 46.4 Å². The van der Waals surface area contributed by atoms with Gasteiger partial charge in [-0.3, -0.25) is 19.1 Å². The van der Waals surface area contributed by atoms with Gasteiger partial charge in [0.2, 0.25) is 0 Å². The maximum Gasteiger partial charge on any atom is 0.260 e. The Kier molecular flexibility index (Phi) is 9.61. The van der Waals surface area contributed by atoms with Gasteiger partial charge in [-0.1, -0.05) is 41.9 Å². The van der Waals surface area contributed by atoms with Crippen molar-refractivity contribution in [2.24, 2.45) is 5.73 Å². The van der Waals surface area contributed by atoms with Gasteiger partial charge in [-0.05, 0) is 23.8 Å². The number of hydrogen-bond acceptors (Lipinski definition) is 11. The number of nitrogens with zero attached hydrogens (tertiary/aromatic N) is 6. The predicted molar refractivity (Wildman–Crippen MR) is 170 cm³/mol. The van der Waals surface area contributed by atoms with Crippen LogP contribution in [-0.2, 0) is 27.4 Å². The normalized spacial score (nSPS) is 21.8. The van der Waals surface area contributed by atoms with Crippen LogP contribution in [0.5, 0.6) is 5.75 Å². The molecule has 2 fully saturated rings. The number of aromatic nitrogens is 4. The number of benzene rings is 2. The Labute approximate surface area is 270 Å². The number of hydrogen-bond donors (Lipinski definition) is 4. The molecule has 242 valence electrons. The van der Waals surface area contributed by atoms with Crippen molar-refractivity contribution in [1.82, 2.24) is 34.6 Å². The number of aliphatic hydroxyl groups is 1. The fourth-order valence-electron chi connectivity index (χ4n) is 5.70. The summed E-state index contributed by atoms with van der Waals surface area (Å²) in [5, 5.41) is 17.0. The Morgan fingerprint density at radius 1 is 1.11 bits per heavy atom. The lowest BCUT2D eigenvalue weighted by Gasteiger charge is -2.34. The first-order chi connectivity index (χ1) is 22.3. The number of piperazine rings is 1. The van der Waals surface area contributed by atoms with Gasteiger partial charge < -0.3 is 35.8 Å². The summed E-state index contributed by atoms with van der Waals surface area (Å²) in [6.07, 6.45) is -0.355. The average Bonchev–Trinajstić information content (AvgIpc) is 3.64. The van der Waals surface area contributed by atoms with Gasteiger partial charge in [0, 0.05) is 56.9 Å². The van der Waals surface area contributed by atoms with Gasteiger partial charge in [-0.25, -0.2) is 15.0 Å². The first-order valence-electron chi connectivity index (χ1n) is 15.0. The summed E-state index contributed by atoms with van der Waals surface area (Å²) in [5.41, 5.74) is 8.83. The number of nitrogens with two attached hydrogens (primary N) is 1. The molecule has 0 bridgehead atoms. The fraction of sp³-hybridized carbons (Fsp3) is 0.387. The number of carbonyl (C=O) groups is 2. The van der Waals surface area contributed by atoms with Crippen LogP contribution in [0, 0.1) is 0 Å². The van der Waals surface area contributed by atoms with Crippen molar-refractivity contribution in [3.05, 3.63) is 77.3 Å². The van der Waals surface area contributed by atoms with E-state index in [9.17, 15) is 14.7 Å². The van der Waals surface area contributed by atoms with E-state index >= 15 is 0 Å². The summed E-state index contributed by atoms with van der Waals surface area (Å²) in [5.74, 6) is 0.420. The minimum Gasteiger partial charge on any atom is -0.483 e. The SMILES string of the molecule is CNC(=O)[C@@H]1O[C@@H](n2cnc3c(NCc4cc(Cl)ccc4OCC(=O)N4CCN(Cc5ccccc5)CC4)ncnc32)[C@H](O)[C@H]1N. The molecule has 0 spiro atoms. The van der Waals surface area contributed by atoms with E-state index in [2.05, 4.69) is 42.6 Å². The summed E-state index contributed by atoms with van der Waals surface area (Å²) in [4.78, 5) is 42.5. The molecule has 4 heterocycles. The van der Waals surface area contributed by atoms with Crippen molar-refractivity contribution in [2.75, 3.05) is 45.2 Å². The molecular formula is C31H36ClN9O5. The standard InChI is InChI=1S/C31H36ClN9O5/c1-34-30(44)27-24(33)26(43)31(46-27)41-18-38-25-28(36-17-37-29(25)41)35-14-20-13-21(32)7-8-22(20)45-16-23(42)40-11-9-39(10-12-40)15-19-5-3-2-4-6-19/h2-8,13,17-18,24,26-27,31,43H,9-12,14-16,33H2,1H3,(H,34,44)(H,35,36,37)/t24-,26-,27-,31-/m1/s1. The number of halogens is 1. The first kappa shape index (κ1) is 31.6. The molecular weight excluding hydrogens is 614 g/mol.